The molecule has 1 rings (SSSR count). The average molecular weight is 286 g/mol. The summed E-state index contributed by atoms with van der Waals surface area (Å²) >= 11 is 3.05. The van der Waals surface area contributed by atoms with Crippen LogP contribution in [0.1, 0.15) is 18.1 Å². The van der Waals surface area contributed by atoms with Crippen molar-refractivity contribution in [3.05, 3.63) is 39.4 Å². The van der Waals surface area contributed by atoms with Crippen LogP contribution in [0.4, 0.5) is 5.69 Å². The molecule has 5 heteroatoms. The number of benzene rings is 1. The number of halogens is 1. The molecule has 4 nitrogen and oxygen atoms in total. The molecule has 0 spiro atoms. The Balaban J connectivity index is 3.10. The topological polar surface area (TPSA) is 60.2 Å². The van der Waals surface area contributed by atoms with E-state index in [0.717, 1.165) is 12.0 Å². The van der Waals surface area contributed by atoms with Crippen molar-refractivity contribution in [3.63, 3.8) is 0 Å². The maximum atomic E-state index is 11.3. The molecule has 0 saturated carbocycles. The summed E-state index contributed by atoms with van der Waals surface area (Å²) < 4.78 is 0. The smallest absolute Gasteiger partial charge is 0.273 e. The number of aryl methyl sites for hydroxylation is 1. The summed E-state index contributed by atoms with van der Waals surface area (Å²) in [6.07, 6.45) is 0.906. The normalized spacial score (nSPS) is 10.1. The van der Waals surface area contributed by atoms with Crippen LogP contribution in [0.2, 0.25) is 0 Å². The lowest BCUT2D eigenvalue weighted by atomic mass is 10.0. The van der Waals surface area contributed by atoms with Crippen LogP contribution < -0.4 is 0 Å². The molecular formula is C11H12BrNO3. The van der Waals surface area contributed by atoms with Crippen molar-refractivity contribution < 1.29 is 9.72 Å². The molecule has 0 radical (unpaired) electrons. The fourth-order valence-corrected chi connectivity index (χ4v) is 1.64. The van der Waals surface area contributed by atoms with Gasteiger partial charge in [0.15, 0.2) is 0 Å². The number of hydrogen-bond acceptors (Lipinski definition) is 3. The zero-order chi connectivity index (χ0) is 12.1. The van der Waals surface area contributed by atoms with Crippen molar-refractivity contribution >= 4 is 27.4 Å². The number of carbonyl (C=O) groups is 1. The van der Waals surface area contributed by atoms with E-state index in [1.54, 1.807) is 12.1 Å². The molecule has 0 saturated heterocycles. The van der Waals surface area contributed by atoms with Crippen LogP contribution in [0.3, 0.4) is 0 Å². The minimum Gasteiger partial charge on any atom is -0.298 e. The molecule has 0 fully saturated rings. The van der Waals surface area contributed by atoms with Gasteiger partial charge in [-0.3, -0.25) is 14.9 Å². The van der Waals surface area contributed by atoms with E-state index in [0.29, 0.717) is 5.56 Å². The highest BCUT2D eigenvalue weighted by molar-refractivity contribution is 9.09. The van der Waals surface area contributed by atoms with E-state index >= 15 is 0 Å². The lowest BCUT2D eigenvalue weighted by Gasteiger charge is -2.03. The van der Waals surface area contributed by atoms with Crippen LogP contribution >= 0.6 is 15.9 Å². The molecule has 0 aliphatic heterocycles. The number of rotatable bonds is 5. The van der Waals surface area contributed by atoms with E-state index in [9.17, 15) is 14.9 Å². The lowest BCUT2D eigenvalue weighted by Crippen LogP contribution is -2.06. The maximum Gasteiger partial charge on any atom is 0.273 e. The molecule has 0 unspecified atom stereocenters. The Kier molecular flexibility index (Phi) is 4.61. The molecular weight excluding hydrogens is 274 g/mol. The SMILES string of the molecule is CCc1ccc([N+](=O)[O-])c(CC(=O)CBr)c1. The number of Topliss-reactive ketones (excluding diaryl/α,β-unsaturated/α-hetero) is 1. The summed E-state index contributed by atoms with van der Waals surface area (Å²) in [4.78, 5) is 21.6. The highest BCUT2D eigenvalue weighted by atomic mass is 79.9. The molecule has 0 heterocycles. The first-order valence-corrected chi connectivity index (χ1v) is 6.04. The molecule has 0 N–H and O–H groups in total. The fourth-order valence-electron chi connectivity index (χ4n) is 1.44. The van der Waals surface area contributed by atoms with Crippen LogP contribution in [-0.2, 0) is 17.6 Å². The third kappa shape index (κ3) is 3.13. The lowest BCUT2D eigenvalue weighted by molar-refractivity contribution is -0.385. The van der Waals surface area contributed by atoms with Gasteiger partial charge < -0.3 is 0 Å². The Hall–Kier alpha value is -1.23. The molecule has 86 valence electrons. The summed E-state index contributed by atoms with van der Waals surface area (Å²) in [5.41, 5.74) is 1.52. The van der Waals surface area contributed by atoms with Gasteiger partial charge >= 0.3 is 0 Å². The van der Waals surface area contributed by atoms with Crippen molar-refractivity contribution in [2.75, 3.05) is 5.33 Å². The van der Waals surface area contributed by atoms with Gasteiger partial charge in [-0.2, -0.15) is 0 Å². The molecule has 0 aliphatic rings. The largest absolute Gasteiger partial charge is 0.298 e. The number of ketones is 1. The molecule has 0 aliphatic carbocycles. The highest BCUT2D eigenvalue weighted by Crippen LogP contribution is 2.21. The van der Waals surface area contributed by atoms with Gasteiger partial charge in [0.1, 0.15) is 5.78 Å². The van der Waals surface area contributed by atoms with Gasteiger partial charge in [-0.25, -0.2) is 0 Å². The molecule has 0 aromatic heterocycles. The van der Waals surface area contributed by atoms with E-state index < -0.39 is 4.92 Å². The number of carbonyl (C=O) groups excluding carboxylic acids is 1. The predicted octanol–water partition coefficient (Wildman–Crippen LogP) is 2.66. The minimum atomic E-state index is -0.448. The molecule has 16 heavy (non-hydrogen) atoms. The average Bonchev–Trinajstić information content (AvgIpc) is 2.28. The third-order valence-electron chi connectivity index (χ3n) is 2.29. The predicted molar refractivity (Wildman–Crippen MR) is 65.0 cm³/mol. The van der Waals surface area contributed by atoms with E-state index in [4.69, 9.17) is 0 Å². The molecule has 1 aromatic carbocycles. The van der Waals surface area contributed by atoms with Crippen molar-refractivity contribution in [1.82, 2.24) is 0 Å². The Morgan fingerprint density at radius 2 is 2.19 bits per heavy atom. The number of nitro benzene ring substituents is 1. The van der Waals surface area contributed by atoms with E-state index in [1.165, 1.54) is 6.07 Å². The summed E-state index contributed by atoms with van der Waals surface area (Å²) in [5.74, 6) is -0.0589. The number of nitro groups is 1. The second-order valence-corrected chi connectivity index (χ2v) is 3.98. The molecule has 0 amide bonds. The van der Waals surface area contributed by atoms with Gasteiger partial charge in [0.2, 0.25) is 0 Å². The number of alkyl halides is 1. The Morgan fingerprint density at radius 1 is 1.50 bits per heavy atom. The van der Waals surface area contributed by atoms with Crippen molar-refractivity contribution in [2.24, 2.45) is 0 Å². The van der Waals surface area contributed by atoms with E-state index in [1.807, 2.05) is 6.92 Å². The van der Waals surface area contributed by atoms with Crippen LogP contribution in [0.25, 0.3) is 0 Å². The first-order valence-electron chi connectivity index (χ1n) is 4.92. The Morgan fingerprint density at radius 3 is 2.69 bits per heavy atom. The quantitative estimate of drug-likeness (QED) is 0.475. The van der Waals surface area contributed by atoms with Crippen molar-refractivity contribution in [2.45, 2.75) is 19.8 Å². The van der Waals surface area contributed by atoms with Crippen LogP contribution in [0.15, 0.2) is 18.2 Å². The second kappa shape index (κ2) is 5.75. The number of hydrogen-bond donors (Lipinski definition) is 0. The number of nitrogens with zero attached hydrogens (tertiary/aromatic N) is 1. The van der Waals surface area contributed by atoms with Gasteiger partial charge in [-0.05, 0) is 18.1 Å². The van der Waals surface area contributed by atoms with Crippen molar-refractivity contribution in [1.29, 1.82) is 0 Å². The van der Waals surface area contributed by atoms with Gasteiger partial charge in [0.05, 0.1) is 10.3 Å². The Labute approximate surface area is 102 Å². The summed E-state index contributed by atoms with van der Waals surface area (Å²) in [6.45, 7) is 1.97. The van der Waals surface area contributed by atoms with Gasteiger partial charge in [-0.15, -0.1) is 0 Å². The zero-order valence-electron chi connectivity index (χ0n) is 8.90. The first kappa shape index (κ1) is 12.8. The summed E-state index contributed by atoms with van der Waals surface area (Å²) in [5, 5.41) is 11.0. The van der Waals surface area contributed by atoms with E-state index in [2.05, 4.69) is 15.9 Å². The van der Waals surface area contributed by atoms with Crippen LogP contribution in [0, 0.1) is 10.1 Å². The monoisotopic (exact) mass is 285 g/mol. The highest BCUT2D eigenvalue weighted by Gasteiger charge is 2.16. The fraction of sp³-hybridized carbons (Fsp3) is 0.364. The van der Waals surface area contributed by atoms with Gasteiger partial charge in [0, 0.05) is 18.1 Å². The molecule has 0 bridgehead atoms. The first-order chi connectivity index (χ1) is 7.58. The van der Waals surface area contributed by atoms with Gasteiger partial charge in [-0.1, -0.05) is 28.9 Å². The van der Waals surface area contributed by atoms with Crippen LogP contribution in [-0.4, -0.2) is 16.0 Å². The van der Waals surface area contributed by atoms with E-state index in [-0.39, 0.29) is 23.2 Å². The standard InChI is InChI=1S/C11H12BrNO3/c1-2-8-3-4-11(13(15)16)9(5-8)6-10(14)7-12/h3-5H,2,6-7H2,1H3. The van der Waals surface area contributed by atoms with Crippen LogP contribution in [0.5, 0.6) is 0 Å². The molecule has 0 atom stereocenters. The maximum absolute atomic E-state index is 11.3. The molecule has 1 aromatic rings. The second-order valence-electron chi connectivity index (χ2n) is 3.42. The van der Waals surface area contributed by atoms with Crippen molar-refractivity contribution in [3.8, 4) is 0 Å². The summed E-state index contributed by atoms with van der Waals surface area (Å²) in [6, 6.07) is 4.93. The zero-order valence-corrected chi connectivity index (χ0v) is 10.5. The third-order valence-corrected chi connectivity index (χ3v) is 2.91. The van der Waals surface area contributed by atoms with Gasteiger partial charge in [0.25, 0.3) is 5.69 Å². The Bertz CT molecular complexity index is 418. The minimum absolute atomic E-state index is 0.0199. The summed E-state index contributed by atoms with van der Waals surface area (Å²) in [7, 11) is 0.